The maximum absolute atomic E-state index is 13.4. The molecule has 1 N–H and O–H groups in total. The molecule has 0 radical (unpaired) electrons. The van der Waals surface area contributed by atoms with Gasteiger partial charge < -0.3 is 15.1 Å². The first kappa shape index (κ1) is 22.7. The lowest BCUT2D eigenvalue weighted by Gasteiger charge is -2.44. The van der Waals surface area contributed by atoms with Crippen molar-refractivity contribution in [3.8, 4) is 11.3 Å². The summed E-state index contributed by atoms with van der Waals surface area (Å²) in [6.07, 6.45) is 0. The van der Waals surface area contributed by atoms with Crippen molar-refractivity contribution >= 4 is 28.3 Å². The van der Waals surface area contributed by atoms with Crippen LogP contribution in [0.2, 0.25) is 0 Å². The number of hydrogen-bond donors (Lipinski definition) is 1. The quantitative estimate of drug-likeness (QED) is 0.414. The molecule has 0 unspecified atom stereocenters. The van der Waals surface area contributed by atoms with Crippen LogP contribution in [0.25, 0.3) is 22.0 Å². The second kappa shape index (κ2) is 9.29. The minimum absolute atomic E-state index is 0.0143. The highest BCUT2D eigenvalue weighted by Gasteiger charge is 2.34. The van der Waals surface area contributed by atoms with Crippen molar-refractivity contribution in [1.82, 2.24) is 15.1 Å². The van der Waals surface area contributed by atoms with E-state index in [9.17, 15) is 13.6 Å². The number of carbonyl (C=O) groups is 1. The van der Waals surface area contributed by atoms with E-state index in [1.807, 2.05) is 38.1 Å². The molecule has 1 saturated heterocycles. The number of hydrogen-bond acceptors (Lipinski definition) is 4. The molecule has 1 aromatic heterocycles. The molecule has 6 nitrogen and oxygen atoms in total. The largest absolute Gasteiger partial charge is 0.348 e. The van der Waals surface area contributed by atoms with Gasteiger partial charge in [0.2, 0.25) is 0 Å². The Balaban J connectivity index is 1.41. The Morgan fingerprint density at radius 1 is 0.829 bits per heavy atom. The van der Waals surface area contributed by atoms with Crippen LogP contribution in [-0.2, 0) is 0 Å². The van der Waals surface area contributed by atoms with Gasteiger partial charge in [0.05, 0.1) is 0 Å². The minimum Gasteiger partial charge on any atom is -0.348 e. The lowest BCUT2D eigenvalue weighted by molar-refractivity contribution is 0.173. The Hall–Kier alpha value is -4.07. The molecular formula is C27H25F2N5O. The third kappa shape index (κ3) is 4.51. The van der Waals surface area contributed by atoms with E-state index in [0.29, 0.717) is 24.5 Å². The van der Waals surface area contributed by atoms with Gasteiger partial charge in [-0.05, 0) is 62.4 Å². The summed E-state index contributed by atoms with van der Waals surface area (Å²) in [5.41, 5.74) is 2.04. The zero-order chi connectivity index (χ0) is 24.5. The molecule has 0 spiro atoms. The topological polar surface area (TPSA) is 61.4 Å². The number of benzene rings is 3. The van der Waals surface area contributed by atoms with Gasteiger partial charge in [0.1, 0.15) is 17.3 Å². The van der Waals surface area contributed by atoms with Crippen molar-refractivity contribution in [3.05, 3.63) is 84.4 Å². The molecule has 1 fully saturated rings. The van der Waals surface area contributed by atoms with Crippen LogP contribution in [-0.4, -0.2) is 46.3 Å². The summed E-state index contributed by atoms with van der Waals surface area (Å²) < 4.78 is 26.6. The van der Waals surface area contributed by atoms with Crippen LogP contribution >= 0.6 is 0 Å². The molecule has 0 saturated carbocycles. The zero-order valence-electron chi connectivity index (χ0n) is 19.5. The summed E-state index contributed by atoms with van der Waals surface area (Å²) in [5, 5.41) is 13.8. The molecule has 178 valence electrons. The first-order chi connectivity index (χ1) is 16.9. The highest BCUT2D eigenvalue weighted by Crippen LogP contribution is 2.33. The number of anilines is 2. The molecule has 2 atom stereocenters. The number of fused-ring (bicyclic) bond motifs is 1. The van der Waals surface area contributed by atoms with Crippen LogP contribution in [0.15, 0.2) is 72.8 Å². The van der Waals surface area contributed by atoms with Crippen LogP contribution in [0.3, 0.4) is 0 Å². The van der Waals surface area contributed by atoms with E-state index in [1.165, 1.54) is 24.3 Å². The lowest BCUT2D eigenvalue weighted by Crippen LogP contribution is -2.59. The van der Waals surface area contributed by atoms with E-state index in [1.54, 1.807) is 29.2 Å². The molecule has 0 aliphatic carbocycles. The fourth-order valence-electron chi connectivity index (χ4n) is 4.56. The molecule has 2 amide bonds. The maximum atomic E-state index is 13.4. The molecule has 5 rings (SSSR count). The fraction of sp³-hybridized carbons (Fsp3) is 0.222. The van der Waals surface area contributed by atoms with Gasteiger partial charge in [0.25, 0.3) is 0 Å². The van der Waals surface area contributed by atoms with Crippen LogP contribution in [0.5, 0.6) is 0 Å². The number of piperazine rings is 1. The smallest absolute Gasteiger partial charge is 0.322 e. The van der Waals surface area contributed by atoms with E-state index in [2.05, 4.69) is 20.4 Å². The monoisotopic (exact) mass is 473 g/mol. The second-order valence-corrected chi connectivity index (χ2v) is 8.86. The van der Waals surface area contributed by atoms with Gasteiger partial charge in [0, 0.05) is 47.2 Å². The SMILES string of the molecule is C[C@H]1CN(c2nnc(-c3ccc(F)cc3)c3ccccc23)[C@@H](C)CN1C(=O)Nc1ccc(F)cc1. The average Bonchev–Trinajstić information content (AvgIpc) is 2.86. The van der Waals surface area contributed by atoms with E-state index >= 15 is 0 Å². The summed E-state index contributed by atoms with van der Waals surface area (Å²) in [4.78, 5) is 16.9. The van der Waals surface area contributed by atoms with E-state index in [-0.39, 0.29) is 29.7 Å². The van der Waals surface area contributed by atoms with Gasteiger partial charge in [-0.2, -0.15) is 0 Å². The highest BCUT2D eigenvalue weighted by atomic mass is 19.1. The number of urea groups is 1. The van der Waals surface area contributed by atoms with E-state index in [0.717, 1.165) is 22.2 Å². The predicted octanol–water partition coefficient (Wildman–Crippen LogP) is 5.71. The van der Waals surface area contributed by atoms with Crippen LogP contribution < -0.4 is 10.2 Å². The molecule has 1 aliphatic heterocycles. The van der Waals surface area contributed by atoms with Gasteiger partial charge in [-0.15, -0.1) is 10.2 Å². The van der Waals surface area contributed by atoms with E-state index < -0.39 is 0 Å². The molecule has 1 aliphatic rings. The normalized spacial score (nSPS) is 18.1. The Morgan fingerprint density at radius 3 is 2.14 bits per heavy atom. The number of nitrogens with one attached hydrogen (secondary N) is 1. The summed E-state index contributed by atoms with van der Waals surface area (Å²) >= 11 is 0. The van der Waals surface area contributed by atoms with Crippen molar-refractivity contribution in [1.29, 1.82) is 0 Å². The van der Waals surface area contributed by atoms with Crippen molar-refractivity contribution < 1.29 is 13.6 Å². The molecule has 0 bridgehead atoms. The summed E-state index contributed by atoms with van der Waals surface area (Å²) in [7, 11) is 0. The van der Waals surface area contributed by atoms with Gasteiger partial charge in [0.15, 0.2) is 5.82 Å². The molecule has 4 aromatic rings. The number of nitrogens with zero attached hydrogens (tertiary/aromatic N) is 4. The van der Waals surface area contributed by atoms with Crippen molar-refractivity contribution in [3.63, 3.8) is 0 Å². The Kier molecular flexibility index (Phi) is 6.03. The zero-order valence-corrected chi connectivity index (χ0v) is 19.5. The first-order valence-corrected chi connectivity index (χ1v) is 11.5. The molecule has 8 heteroatoms. The predicted molar refractivity (Wildman–Crippen MR) is 133 cm³/mol. The van der Waals surface area contributed by atoms with Gasteiger partial charge >= 0.3 is 6.03 Å². The van der Waals surface area contributed by atoms with E-state index in [4.69, 9.17) is 0 Å². The highest BCUT2D eigenvalue weighted by molar-refractivity contribution is 6.00. The minimum atomic E-state index is -0.350. The summed E-state index contributed by atoms with van der Waals surface area (Å²) in [5.74, 6) is 0.105. The standard InChI is InChI=1S/C27H25F2N5O/c1-17-16-34(27(35)30-22-13-11-21(29)12-14-22)18(2)15-33(17)26-24-6-4-3-5-23(24)25(31-32-26)19-7-9-20(28)10-8-19/h3-14,17-18H,15-16H2,1-2H3,(H,30,35)/t17-,18-/m0/s1. The fourth-order valence-corrected chi connectivity index (χ4v) is 4.56. The van der Waals surface area contributed by atoms with Gasteiger partial charge in [-0.3, -0.25) is 0 Å². The Bertz CT molecular complexity index is 1360. The van der Waals surface area contributed by atoms with Gasteiger partial charge in [-0.25, -0.2) is 13.6 Å². The maximum Gasteiger partial charge on any atom is 0.322 e. The number of amides is 2. The van der Waals surface area contributed by atoms with Crippen LogP contribution in [0, 0.1) is 11.6 Å². The number of halogens is 2. The average molecular weight is 474 g/mol. The Labute approximate surface area is 202 Å². The van der Waals surface area contributed by atoms with Crippen molar-refractivity contribution in [2.75, 3.05) is 23.3 Å². The van der Waals surface area contributed by atoms with Crippen molar-refractivity contribution in [2.24, 2.45) is 0 Å². The van der Waals surface area contributed by atoms with Crippen LogP contribution in [0.1, 0.15) is 13.8 Å². The third-order valence-electron chi connectivity index (χ3n) is 6.40. The number of aromatic nitrogens is 2. The van der Waals surface area contributed by atoms with Crippen LogP contribution in [0.4, 0.5) is 25.1 Å². The molecule has 3 aromatic carbocycles. The number of rotatable bonds is 3. The second-order valence-electron chi connectivity index (χ2n) is 8.86. The first-order valence-electron chi connectivity index (χ1n) is 11.5. The van der Waals surface area contributed by atoms with Gasteiger partial charge in [-0.1, -0.05) is 24.3 Å². The summed E-state index contributed by atoms with van der Waals surface area (Å²) in [6.45, 7) is 5.11. The molecule has 2 heterocycles. The van der Waals surface area contributed by atoms with Crippen molar-refractivity contribution in [2.45, 2.75) is 25.9 Å². The molecule has 35 heavy (non-hydrogen) atoms. The number of carbonyl (C=O) groups excluding carboxylic acids is 1. The Morgan fingerprint density at radius 2 is 1.46 bits per heavy atom. The summed E-state index contributed by atoms with van der Waals surface area (Å²) in [6, 6.07) is 19.5. The lowest BCUT2D eigenvalue weighted by atomic mass is 10.0. The third-order valence-corrected chi connectivity index (χ3v) is 6.40. The molecular weight excluding hydrogens is 448 g/mol.